The fourth-order valence-corrected chi connectivity index (χ4v) is 5.40. The van der Waals surface area contributed by atoms with Gasteiger partial charge in [-0.25, -0.2) is 0 Å². The number of benzene rings is 6. The molecule has 0 amide bonds. The summed E-state index contributed by atoms with van der Waals surface area (Å²) in [6.45, 7) is 0. The van der Waals surface area contributed by atoms with Gasteiger partial charge in [-0.3, -0.25) is 4.90 Å². The predicted octanol–water partition coefficient (Wildman–Crippen LogP) is 10.0. The first-order chi connectivity index (χ1) is 19.3. The fraction of sp³-hybridized carbons (Fsp3) is 0. The summed E-state index contributed by atoms with van der Waals surface area (Å²) in [5, 5.41) is 4.30. The standard InChI is InChI=1S/C35H22N2O2/c1-2-8-23(9-3-1)24-14-17-26(18-15-24)37(27-19-21-33-30(22-27)29-12-6-7-13-32(29)38-33)35-36-31-20-16-25-10-4-5-11-28(25)34(31)39-35/h1-22H. The summed E-state index contributed by atoms with van der Waals surface area (Å²) in [6.07, 6.45) is 0. The zero-order valence-corrected chi connectivity index (χ0v) is 20.9. The number of hydrogen-bond donors (Lipinski definition) is 0. The molecular formula is C35H22N2O2. The number of para-hydroxylation sites is 1. The number of rotatable bonds is 4. The minimum atomic E-state index is 0.515. The minimum Gasteiger partial charge on any atom is -0.456 e. The van der Waals surface area contributed by atoms with Gasteiger partial charge < -0.3 is 8.83 Å². The maximum atomic E-state index is 6.54. The highest BCUT2D eigenvalue weighted by atomic mass is 16.4. The normalized spacial score (nSPS) is 11.6. The van der Waals surface area contributed by atoms with Gasteiger partial charge in [0, 0.05) is 16.2 Å². The van der Waals surface area contributed by atoms with Crippen LogP contribution in [0.4, 0.5) is 17.4 Å². The van der Waals surface area contributed by atoms with Crippen molar-refractivity contribution in [1.82, 2.24) is 4.98 Å². The lowest BCUT2D eigenvalue weighted by atomic mass is 10.1. The van der Waals surface area contributed by atoms with E-state index in [-0.39, 0.29) is 0 Å². The van der Waals surface area contributed by atoms with Crippen molar-refractivity contribution in [1.29, 1.82) is 0 Å². The third-order valence-electron chi connectivity index (χ3n) is 7.31. The van der Waals surface area contributed by atoms with Gasteiger partial charge in [-0.2, -0.15) is 4.98 Å². The quantitative estimate of drug-likeness (QED) is 0.240. The van der Waals surface area contributed by atoms with Gasteiger partial charge in [0.05, 0.1) is 11.4 Å². The molecule has 0 saturated carbocycles. The van der Waals surface area contributed by atoms with Crippen molar-refractivity contribution < 1.29 is 8.83 Å². The van der Waals surface area contributed by atoms with Gasteiger partial charge in [0.25, 0.3) is 0 Å². The molecule has 2 heterocycles. The lowest BCUT2D eigenvalue weighted by molar-refractivity contribution is 0.611. The van der Waals surface area contributed by atoms with E-state index in [2.05, 4.69) is 89.8 Å². The maximum Gasteiger partial charge on any atom is 0.307 e. The van der Waals surface area contributed by atoms with Gasteiger partial charge >= 0.3 is 6.01 Å². The molecule has 39 heavy (non-hydrogen) atoms. The van der Waals surface area contributed by atoms with Crippen molar-refractivity contribution in [2.24, 2.45) is 0 Å². The molecule has 8 rings (SSSR count). The van der Waals surface area contributed by atoms with Crippen molar-refractivity contribution in [2.45, 2.75) is 0 Å². The Balaban J connectivity index is 1.33. The van der Waals surface area contributed by atoms with E-state index >= 15 is 0 Å². The van der Waals surface area contributed by atoms with Crippen molar-refractivity contribution in [3.8, 4) is 11.1 Å². The number of aromatic nitrogens is 1. The van der Waals surface area contributed by atoms with Crippen LogP contribution in [-0.2, 0) is 0 Å². The molecule has 0 spiro atoms. The molecule has 2 aromatic heterocycles. The summed E-state index contributed by atoms with van der Waals surface area (Å²) in [5.41, 5.74) is 7.55. The molecule has 0 aliphatic heterocycles. The Morgan fingerprint density at radius 3 is 2.05 bits per heavy atom. The number of hydrogen-bond acceptors (Lipinski definition) is 4. The molecule has 0 fully saturated rings. The van der Waals surface area contributed by atoms with Crippen LogP contribution in [0.1, 0.15) is 0 Å². The number of furan rings is 1. The summed E-state index contributed by atoms with van der Waals surface area (Å²) >= 11 is 0. The van der Waals surface area contributed by atoms with Crippen LogP contribution in [0.25, 0.3) is 54.9 Å². The number of fused-ring (bicyclic) bond motifs is 6. The molecule has 4 heteroatoms. The van der Waals surface area contributed by atoms with Gasteiger partial charge in [0.15, 0.2) is 5.58 Å². The van der Waals surface area contributed by atoms with Crippen LogP contribution >= 0.6 is 0 Å². The molecule has 184 valence electrons. The summed E-state index contributed by atoms with van der Waals surface area (Å²) in [4.78, 5) is 7.04. The van der Waals surface area contributed by atoms with E-state index in [0.29, 0.717) is 6.01 Å². The first-order valence-electron chi connectivity index (χ1n) is 13.0. The van der Waals surface area contributed by atoms with Crippen LogP contribution in [0.3, 0.4) is 0 Å². The lowest BCUT2D eigenvalue weighted by Crippen LogP contribution is -2.10. The second-order valence-corrected chi connectivity index (χ2v) is 9.66. The Hall–Kier alpha value is -5.35. The van der Waals surface area contributed by atoms with Gasteiger partial charge in [-0.05, 0) is 59.0 Å². The predicted molar refractivity (Wildman–Crippen MR) is 159 cm³/mol. The molecular weight excluding hydrogens is 480 g/mol. The van der Waals surface area contributed by atoms with E-state index in [1.54, 1.807) is 0 Å². The lowest BCUT2D eigenvalue weighted by Gasteiger charge is -2.21. The molecule has 8 aromatic rings. The minimum absolute atomic E-state index is 0.515. The van der Waals surface area contributed by atoms with Crippen molar-refractivity contribution in [3.05, 3.63) is 133 Å². The Kier molecular flexibility index (Phi) is 4.79. The van der Waals surface area contributed by atoms with Gasteiger partial charge in [-0.15, -0.1) is 0 Å². The molecule has 0 unspecified atom stereocenters. The van der Waals surface area contributed by atoms with Crippen LogP contribution < -0.4 is 4.90 Å². The Labute approximate surface area is 224 Å². The van der Waals surface area contributed by atoms with Gasteiger partial charge in [0.1, 0.15) is 16.7 Å². The van der Waals surface area contributed by atoms with Crippen molar-refractivity contribution in [2.75, 3.05) is 4.90 Å². The average molecular weight is 503 g/mol. The van der Waals surface area contributed by atoms with Crippen LogP contribution in [0.15, 0.2) is 142 Å². The Morgan fingerprint density at radius 1 is 0.487 bits per heavy atom. The van der Waals surface area contributed by atoms with Crippen LogP contribution in [0.2, 0.25) is 0 Å². The number of nitrogens with zero attached hydrogens (tertiary/aromatic N) is 2. The SMILES string of the molecule is c1ccc(-c2ccc(N(c3ccc4oc5ccccc5c4c3)c3nc4ccc5ccccc5c4o3)cc2)cc1. The zero-order chi connectivity index (χ0) is 25.8. The fourth-order valence-electron chi connectivity index (χ4n) is 5.40. The highest BCUT2D eigenvalue weighted by molar-refractivity contribution is 6.07. The summed E-state index contributed by atoms with van der Waals surface area (Å²) in [5.74, 6) is 0. The first-order valence-corrected chi connectivity index (χ1v) is 13.0. The zero-order valence-electron chi connectivity index (χ0n) is 20.9. The van der Waals surface area contributed by atoms with Gasteiger partial charge in [0.2, 0.25) is 0 Å². The van der Waals surface area contributed by atoms with E-state index < -0.39 is 0 Å². The molecule has 0 radical (unpaired) electrons. The summed E-state index contributed by atoms with van der Waals surface area (Å²) < 4.78 is 12.6. The second kappa shape index (κ2) is 8.61. The summed E-state index contributed by atoms with van der Waals surface area (Å²) in [6, 6.07) is 46.1. The Bertz CT molecular complexity index is 2110. The highest BCUT2D eigenvalue weighted by Crippen LogP contribution is 2.40. The van der Waals surface area contributed by atoms with Crippen LogP contribution in [0.5, 0.6) is 0 Å². The number of oxazole rings is 1. The number of anilines is 3. The molecule has 4 nitrogen and oxygen atoms in total. The molecule has 0 aliphatic rings. The molecule has 0 saturated heterocycles. The van der Waals surface area contributed by atoms with Crippen LogP contribution in [-0.4, -0.2) is 4.98 Å². The van der Waals surface area contributed by atoms with E-state index in [1.165, 1.54) is 5.56 Å². The van der Waals surface area contributed by atoms with Crippen molar-refractivity contribution in [3.63, 3.8) is 0 Å². The average Bonchev–Trinajstić information content (AvgIpc) is 3.60. The maximum absolute atomic E-state index is 6.54. The third kappa shape index (κ3) is 3.57. The molecule has 0 aliphatic carbocycles. The summed E-state index contributed by atoms with van der Waals surface area (Å²) in [7, 11) is 0. The molecule has 0 N–H and O–H groups in total. The molecule has 0 bridgehead atoms. The second-order valence-electron chi connectivity index (χ2n) is 9.66. The smallest absolute Gasteiger partial charge is 0.307 e. The first kappa shape index (κ1) is 21.7. The topological polar surface area (TPSA) is 42.4 Å². The third-order valence-corrected chi connectivity index (χ3v) is 7.31. The van der Waals surface area contributed by atoms with Crippen molar-refractivity contribution >= 4 is 61.2 Å². The van der Waals surface area contributed by atoms with Gasteiger partial charge in [-0.1, -0.05) is 91.0 Å². The largest absolute Gasteiger partial charge is 0.456 e. The van der Waals surface area contributed by atoms with E-state index in [0.717, 1.165) is 60.7 Å². The molecule has 6 aromatic carbocycles. The van der Waals surface area contributed by atoms with E-state index in [9.17, 15) is 0 Å². The molecule has 0 atom stereocenters. The Morgan fingerprint density at radius 2 is 1.18 bits per heavy atom. The van der Waals surface area contributed by atoms with E-state index in [1.807, 2.05) is 48.5 Å². The van der Waals surface area contributed by atoms with Crippen LogP contribution in [0, 0.1) is 0 Å². The van der Waals surface area contributed by atoms with E-state index in [4.69, 9.17) is 13.8 Å². The highest BCUT2D eigenvalue weighted by Gasteiger charge is 2.21. The monoisotopic (exact) mass is 502 g/mol.